The minimum Gasteiger partial charge on any atom is -0.465 e. The highest BCUT2D eigenvalue weighted by Gasteiger charge is 2.11. The van der Waals surface area contributed by atoms with E-state index < -0.39 is 0 Å². The lowest BCUT2D eigenvalue weighted by Crippen LogP contribution is -2.16. The summed E-state index contributed by atoms with van der Waals surface area (Å²) in [6.07, 6.45) is 0. The van der Waals surface area contributed by atoms with Crippen molar-refractivity contribution in [3.8, 4) is 10.6 Å². The molecule has 0 aliphatic heterocycles. The SMILES string of the molecule is CCOC(=O)CSCC(=O)Nc1nnc(-c2ccc(Cl)cc2)s1. The molecule has 0 radical (unpaired) electrons. The largest absolute Gasteiger partial charge is 0.465 e. The second-order valence-electron chi connectivity index (χ2n) is 4.27. The van der Waals surface area contributed by atoms with Crippen molar-refractivity contribution in [1.82, 2.24) is 10.2 Å². The smallest absolute Gasteiger partial charge is 0.315 e. The highest BCUT2D eigenvalue weighted by molar-refractivity contribution is 8.00. The zero-order valence-corrected chi connectivity index (χ0v) is 14.6. The molecule has 0 bridgehead atoms. The van der Waals surface area contributed by atoms with E-state index in [0.29, 0.717) is 21.8 Å². The van der Waals surface area contributed by atoms with Crippen LogP contribution in [0.25, 0.3) is 10.6 Å². The summed E-state index contributed by atoms with van der Waals surface area (Å²) in [6, 6.07) is 7.21. The number of halogens is 1. The summed E-state index contributed by atoms with van der Waals surface area (Å²) in [7, 11) is 0. The van der Waals surface area contributed by atoms with Gasteiger partial charge >= 0.3 is 5.97 Å². The normalized spacial score (nSPS) is 10.3. The second kappa shape index (κ2) is 8.85. The van der Waals surface area contributed by atoms with E-state index in [4.69, 9.17) is 16.3 Å². The predicted octanol–water partition coefficient (Wildman–Crippen LogP) is 3.09. The molecule has 0 fully saturated rings. The Bertz CT molecular complexity index is 676. The van der Waals surface area contributed by atoms with E-state index in [1.54, 1.807) is 19.1 Å². The lowest BCUT2D eigenvalue weighted by Gasteiger charge is -2.02. The third-order valence-corrected chi connectivity index (χ3v) is 4.57. The molecule has 0 atom stereocenters. The van der Waals surface area contributed by atoms with E-state index in [9.17, 15) is 9.59 Å². The van der Waals surface area contributed by atoms with Gasteiger partial charge in [0, 0.05) is 10.6 Å². The van der Waals surface area contributed by atoms with Gasteiger partial charge in [-0.05, 0) is 19.1 Å². The summed E-state index contributed by atoms with van der Waals surface area (Å²) in [6.45, 7) is 2.08. The number of amides is 1. The number of ether oxygens (including phenoxy) is 1. The molecule has 2 aromatic rings. The molecule has 23 heavy (non-hydrogen) atoms. The summed E-state index contributed by atoms with van der Waals surface area (Å²) in [5.41, 5.74) is 0.879. The molecule has 0 unspecified atom stereocenters. The monoisotopic (exact) mass is 371 g/mol. The van der Waals surface area contributed by atoms with E-state index in [-0.39, 0.29) is 23.4 Å². The average molecular weight is 372 g/mol. The van der Waals surface area contributed by atoms with Crippen LogP contribution in [0.15, 0.2) is 24.3 Å². The van der Waals surface area contributed by atoms with E-state index in [1.165, 1.54) is 23.1 Å². The molecule has 0 saturated heterocycles. The van der Waals surface area contributed by atoms with Crippen LogP contribution >= 0.6 is 34.7 Å². The maximum Gasteiger partial charge on any atom is 0.315 e. The molecule has 1 aromatic heterocycles. The van der Waals surface area contributed by atoms with Gasteiger partial charge in [-0.25, -0.2) is 0 Å². The maximum atomic E-state index is 11.8. The molecule has 1 heterocycles. The first-order chi connectivity index (χ1) is 11.1. The number of thioether (sulfide) groups is 1. The molecule has 0 aliphatic carbocycles. The van der Waals surface area contributed by atoms with Crippen LogP contribution in [0.5, 0.6) is 0 Å². The molecule has 1 N–H and O–H groups in total. The lowest BCUT2D eigenvalue weighted by molar-refractivity contribution is -0.139. The first-order valence-electron chi connectivity index (χ1n) is 6.71. The number of nitrogens with zero attached hydrogens (tertiary/aromatic N) is 2. The Morgan fingerprint density at radius 3 is 2.70 bits per heavy atom. The first-order valence-corrected chi connectivity index (χ1v) is 9.06. The lowest BCUT2D eigenvalue weighted by atomic mass is 10.2. The maximum absolute atomic E-state index is 11.8. The summed E-state index contributed by atoms with van der Waals surface area (Å²) in [5, 5.41) is 12.4. The summed E-state index contributed by atoms with van der Waals surface area (Å²) in [4.78, 5) is 22.9. The molecule has 6 nitrogen and oxygen atoms in total. The molecule has 2 rings (SSSR count). The fourth-order valence-corrected chi connectivity index (χ4v) is 3.07. The average Bonchev–Trinajstić information content (AvgIpc) is 2.96. The number of carbonyl (C=O) groups excluding carboxylic acids is 2. The fourth-order valence-electron chi connectivity index (χ4n) is 1.57. The van der Waals surface area contributed by atoms with E-state index in [1.807, 2.05) is 12.1 Å². The Morgan fingerprint density at radius 2 is 2.00 bits per heavy atom. The predicted molar refractivity (Wildman–Crippen MR) is 92.9 cm³/mol. The summed E-state index contributed by atoms with van der Waals surface area (Å²) >= 11 is 8.30. The molecule has 0 spiro atoms. The highest BCUT2D eigenvalue weighted by atomic mass is 35.5. The fraction of sp³-hybridized carbons (Fsp3) is 0.286. The number of rotatable bonds is 7. The van der Waals surface area contributed by atoms with Gasteiger partial charge < -0.3 is 4.74 Å². The van der Waals surface area contributed by atoms with Crippen molar-refractivity contribution in [3.05, 3.63) is 29.3 Å². The van der Waals surface area contributed by atoms with Gasteiger partial charge in [-0.3, -0.25) is 14.9 Å². The molecule has 122 valence electrons. The standard InChI is InChI=1S/C14H14ClN3O3S2/c1-2-21-12(20)8-22-7-11(19)16-14-18-17-13(23-14)9-3-5-10(15)6-4-9/h3-6H,2,7-8H2,1H3,(H,16,18,19). The molecule has 0 aliphatic rings. The van der Waals surface area contributed by atoms with Crippen molar-refractivity contribution in [2.24, 2.45) is 0 Å². The van der Waals surface area contributed by atoms with Crippen LogP contribution < -0.4 is 5.32 Å². The van der Waals surface area contributed by atoms with Gasteiger partial charge in [0.1, 0.15) is 5.01 Å². The summed E-state index contributed by atoms with van der Waals surface area (Å²) < 4.78 is 4.78. The topological polar surface area (TPSA) is 81.2 Å². The van der Waals surface area contributed by atoms with E-state index in [0.717, 1.165) is 5.56 Å². The molecule has 1 amide bonds. The van der Waals surface area contributed by atoms with Gasteiger partial charge in [0.05, 0.1) is 18.1 Å². The number of anilines is 1. The Morgan fingerprint density at radius 1 is 1.26 bits per heavy atom. The number of benzene rings is 1. The molecule has 1 aromatic carbocycles. The van der Waals surface area contributed by atoms with Crippen molar-refractivity contribution in [3.63, 3.8) is 0 Å². The van der Waals surface area contributed by atoms with Gasteiger partial charge in [-0.1, -0.05) is 35.1 Å². The van der Waals surface area contributed by atoms with E-state index >= 15 is 0 Å². The van der Waals surface area contributed by atoms with Crippen molar-refractivity contribution in [2.45, 2.75) is 6.92 Å². The summed E-state index contributed by atoms with van der Waals surface area (Å²) in [5.74, 6) is -0.272. The number of nitrogens with one attached hydrogen (secondary N) is 1. The minimum atomic E-state index is -0.328. The minimum absolute atomic E-state index is 0.146. The van der Waals surface area contributed by atoms with Crippen LogP contribution in [0.3, 0.4) is 0 Å². The Hall–Kier alpha value is -1.64. The highest BCUT2D eigenvalue weighted by Crippen LogP contribution is 2.27. The van der Waals surface area contributed by atoms with Crippen LogP contribution in [0.2, 0.25) is 5.02 Å². The van der Waals surface area contributed by atoms with Gasteiger partial charge in [0.25, 0.3) is 0 Å². The number of hydrogen-bond acceptors (Lipinski definition) is 7. The van der Waals surface area contributed by atoms with Crippen LogP contribution in [-0.2, 0) is 14.3 Å². The van der Waals surface area contributed by atoms with Gasteiger partial charge in [-0.15, -0.1) is 22.0 Å². The first kappa shape index (κ1) is 17.7. The third kappa shape index (κ3) is 5.81. The van der Waals surface area contributed by atoms with Gasteiger partial charge in [0.2, 0.25) is 11.0 Å². The van der Waals surface area contributed by atoms with Gasteiger partial charge in [-0.2, -0.15) is 0 Å². The van der Waals surface area contributed by atoms with Crippen LogP contribution in [0.4, 0.5) is 5.13 Å². The number of hydrogen-bond donors (Lipinski definition) is 1. The zero-order chi connectivity index (χ0) is 16.7. The van der Waals surface area contributed by atoms with Crippen molar-refractivity contribution in [1.29, 1.82) is 0 Å². The second-order valence-corrected chi connectivity index (χ2v) is 6.66. The van der Waals surface area contributed by atoms with Crippen LogP contribution in [0, 0.1) is 0 Å². The number of carbonyl (C=O) groups is 2. The molecular weight excluding hydrogens is 358 g/mol. The Balaban J connectivity index is 1.83. The quantitative estimate of drug-likeness (QED) is 0.753. The van der Waals surface area contributed by atoms with Crippen molar-refractivity contribution in [2.75, 3.05) is 23.4 Å². The van der Waals surface area contributed by atoms with Crippen molar-refractivity contribution >= 4 is 51.7 Å². The van der Waals surface area contributed by atoms with Crippen LogP contribution in [0.1, 0.15) is 6.92 Å². The zero-order valence-electron chi connectivity index (χ0n) is 12.2. The molecule has 9 heteroatoms. The van der Waals surface area contributed by atoms with Gasteiger partial charge in [0.15, 0.2) is 0 Å². The molecular formula is C14H14ClN3O3S2. The molecule has 0 saturated carbocycles. The Kier molecular flexibility index (Phi) is 6.82. The Labute approximate surface area is 146 Å². The van der Waals surface area contributed by atoms with E-state index in [2.05, 4.69) is 15.5 Å². The number of aromatic nitrogens is 2. The number of esters is 1. The van der Waals surface area contributed by atoms with Crippen molar-refractivity contribution < 1.29 is 14.3 Å². The van der Waals surface area contributed by atoms with Crippen LogP contribution in [-0.4, -0.2) is 40.2 Å². The third-order valence-electron chi connectivity index (χ3n) is 2.52.